The van der Waals surface area contributed by atoms with Gasteiger partial charge in [-0.2, -0.15) is 0 Å². The Hall–Kier alpha value is -1.56. The highest BCUT2D eigenvalue weighted by Gasteiger charge is 2.19. The minimum Gasteiger partial charge on any atom is -0.370 e. The van der Waals surface area contributed by atoms with Gasteiger partial charge in [-0.15, -0.1) is 24.0 Å². The Morgan fingerprint density at radius 2 is 1.67 bits per heavy atom. The van der Waals surface area contributed by atoms with Gasteiger partial charge in [0, 0.05) is 43.4 Å². The van der Waals surface area contributed by atoms with E-state index in [0.29, 0.717) is 5.96 Å². The van der Waals surface area contributed by atoms with E-state index in [4.69, 9.17) is 17.3 Å². The molecule has 3 N–H and O–H groups in total. The highest BCUT2D eigenvalue weighted by atomic mass is 127. The van der Waals surface area contributed by atoms with Gasteiger partial charge in [-0.3, -0.25) is 4.99 Å². The molecule has 0 unspecified atom stereocenters. The van der Waals surface area contributed by atoms with Crippen LogP contribution in [-0.2, 0) is 16.6 Å². The van der Waals surface area contributed by atoms with Crippen LogP contribution < -0.4 is 15.4 Å². The number of hydrogen-bond acceptors (Lipinski definition) is 4. The Morgan fingerprint density at radius 3 is 2.30 bits per heavy atom. The predicted molar refractivity (Wildman–Crippen MR) is 134 cm³/mol. The number of aliphatic imine (C=N–C) groups is 1. The molecule has 7 nitrogen and oxygen atoms in total. The normalized spacial score (nSPS) is 15.0. The summed E-state index contributed by atoms with van der Waals surface area (Å²) in [5, 5.41) is 0.719. The zero-order valence-electron chi connectivity index (χ0n) is 16.6. The van der Waals surface area contributed by atoms with Crippen LogP contribution in [-0.4, -0.2) is 57.8 Å². The summed E-state index contributed by atoms with van der Waals surface area (Å²) in [5.74, 6) is 0.296. The van der Waals surface area contributed by atoms with Crippen LogP contribution in [0.3, 0.4) is 0 Å². The topological polar surface area (TPSA) is 91.0 Å². The summed E-state index contributed by atoms with van der Waals surface area (Å²) in [6.45, 7) is 3.50. The second-order valence-electron chi connectivity index (χ2n) is 6.82. The second kappa shape index (κ2) is 11.7. The van der Waals surface area contributed by atoms with Gasteiger partial charge in [0.25, 0.3) is 0 Å². The van der Waals surface area contributed by atoms with Gasteiger partial charge in [-0.1, -0.05) is 41.9 Å². The van der Waals surface area contributed by atoms with Crippen LogP contribution in [0.4, 0.5) is 5.69 Å². The number of guanidine groups is 1. The lowest BCUT2D eigenvalue weighted by atomic mass is 10.2. The number of anilines is 1. The van der Waals surface area contributed by atoms with Crippen molar-refractivity contribution in [3.63, 3.8) is 0 Å². The van der Waals surface area contributed by atoms with Crippen LogP contribution in [0.5, 0.6) is 0 Å². The number of hydrogen-bond donors (Lipinski definition) is 2. The number of benzene rings is 2. The van der Waals surface area contributed by atoms with Gasteiger partial charge in [-0.25, -0.2) is 13.1 Å². The number of nitrogens with one attached hydrogen (secondary N) is 1. The largest absolute Gasteiger partial charge is 0.370 e. The lowest BCUT2D eigenvalue weighted by molar-refractivity contribution is 0.381. The molecule has 1 fully saturated rings. The van der Waals surface area contributed by atoms with E-state index in [9.17, 15) is 8.42 Å². The Balaban J connectivity index is 0.00000320. The van der Waals surface area contributed by atoms with Gasteiger partial charge in [0.2, 0.25) is 10.0 Å². The van der Waals surface area contributed by atoms with Gasteiger partial charge < -0.3 is 15.5 Å². The molecule has 0 saturated carbocycles. The van der Waals surface area contributed by atoms with Crippen molar-refractivity contribution in [2.75, 3.05) is 43.4 Å². The smallest absolute Gasteiger partial charge is 0.213 e. The van der Waals surface area contributed by atoms with Crippen molar-refractivity contribution < 1.29 is 8.42 Å². The first-order valence-electron chi connectivity index (χ1n) is 9.49. The van der Waals surface area contributed by atoms with Crippen molar-refractivity contribution >= 4 is 57.2 Å². The van der Waals surface area contributed by atoms with Crippen LogP contribution in [0.1, 0.15) is 5.56 Å². The lowest BCUT2D eigenvalue weighted by Gasteiger charge is -2.36. The van der Waals surface area contributed by atoms with Crippen LogP contribution in [0.25, 0.3) is 0 Å². The molecule has 1 aliphatic heterocycles. The van der Waals surface area contributed by atoms with Crippen LogP contribution in [0, 0.1) is 0 Å². The number of rotatable bonds is 7. The molecule has 1 heterocycles. The van der Waals surface area contributed by atoms with Crippen LogP contribution >= 0.6 is 35.6 Å². The van der Waals surface area contributed by atoms with E-state index < -0.39 is 10.0 Å². The number of piperazine rings is 1. The fourth-order valence-corrected chi connectivity index (χ4v) is 4.08. The van der Waals surface area contributed by atoms with E-state index in [2.05, 4.69) is 14.6 Å². The molecule has 0 bridgehead atoms. The van der Waals surface area contributed by atoms with E-state index in [0.717, 1.165) is 42.5 Å². The van der Waals surface area contributed by atoms with E-state index in [1.165, 1.54) is 0 Å². The quantitative estimate of drug-likeness (QED) is 0.307. The first kappa shape index (κ1) is 24.7. The molecule has 0 aromatic heterocycles. The Bertz CT molecular complexity index is 918. The van der Waals surface area contributed by atoms with E-state index >= 15 is 0 Å². The number of sulfonamides is 1. The minimum atomic E-state index is -3.40. The molecular formula is C20H27ClIN5O2S. The van der Waals surface area contributed by atoms with Crippen molar-refractivity contribution in [2.45, 2.75) is 6.54 Å². The van der Waals surface area contributed by atoms with Crippen LogP contribution in [0.15, 0.2) is 59.6 Å². The molecule has 3 rings (SSSR count). The van der Waals surface area contributed by atoms with Gasteiger partial charge in [0.1, 0.15) is 0 Å². The van der Waals surface area contributed by atoms with E-state index in [1.807, 2.05) is 59.5 Å². The zero-order chi connectivity index (χ0) is 20.7. The summed E-state index contributed by atoms with van der Waals surface area (Å²) in [6, 6.07) is 17.2. The fourth-order valence-electron chi connectivity index (χ4n) is 3.09. The van der Waals surface area contributed by atoms with Crippen molar-refractivity contribution in [1.29, 1.82) is 0 Å². The summed E-state index contributed by atoms with van der Waals surface area (Å²) in [5.41, 5.74) is 8.11. The summed E-state index contributed by atoms with van der Waals surface area (Å²) >= 11 is 5.94. The molecular weight excluding hydrogens is 537 g/mol. The van der Waals surface area contributed by atoms with Crippen LogP contribution in [0.2, 0.25) is 5.02 Å². The van der Waals surface area contributed by atoms with Gasteiger partial charge in [0.05, 0.1) is 12.3 Å². The third kappa shape index (κ3) is 7.60. The Labute approximate surface area is 200 Å². The first-order valence-corrected chi connectivity index (χ1v) is 11.5. The molecule has 164 valence electrons. The third-order valence-electron chi connectivity index (χ3n) is 4.77. The summed E-state index contributed by atoms with van der Waals surface area (Å²) in [4.78, 5) is 8.51. The molecule has 2 aromatic rings. The minimum absolute atomic E-state index is 0. The lowest BCUT2D eigenvalue weighted by Crippen LogP contribution is -2.51. The molecule has 10 heteroatoms. The molecule has 0 spiro atoms. The monoisotopic (exact) mass is 563 g/mol. The van der Waals surface area contributed by atoms with Crippen molar-refractivity contribution in [1.82, 2.24) is 9.62 Å². The summed E-state index contributed by atoms with van der Waals surface area (Å²) in [6.07, 6.45) is 0. The van der Waals surface area contributed by atoms with E-state index in [-0.39, 0.29) is 42.8 Å². The number of nitrogens with two attached hydrogens (primary N) is 1. The van der Waals surface area contributed by atoms with Crippen molar-refractivity contribution in [3.8, 4) is 0 Å². The molecule has 1 aliphatic rings. The maximum absolute atomic E-state index is 12.1. The highest BCUT2D eigenvalue weighted by molar-refractivity contribution is 14.0. The van der Waals surface area contributed by atoms with Gasteiger partial charge in [-0.05, 0) is 29.8 Å². The Morgan fingerprint density at radius 1 is 1.03 bits per heavy atom. The van der Waals surface area contributed by atoms with Gasteiger partial charge >= 0.3 is 0 Å². The SMILES string of the molecule is I.NC(=NCCS(=O)(=O)NCc1ccccc1)N1CCN(c2ccc(Cl)cc2)CC1. The molecule has 0 radical (unpaired) electrons. The molecule has 0 atom stereocenters. The first-order chi connectivity index (χ1) is 13.9. The summed E-state index contributed by atoms with van der Waals surface area (Å²) in [7, 11) is -3.40. The molecule has 30 heavy (non-hydrogen) atoms. The fraction of sp³-hybridized carbons (Fsp3) is 0.350. The standard InChI is InChI=1S/C20H26ClN5O2S.HI/c21-18-6-8-19(9-7-18)25-11-13-26(14-12-25)20(22)23-10-15-29(27,28)24-16-17-4-2-1-3-5-17;/h1-9,24H,10-16H2,(H2,22,23);1H. The number of nitrogens with zero attached hydrogens (tertiary/aromatic N) is 3. The molecule has 0 amide bonds. The maximum atomic E-state index is 12.1. The average molecular weight is 564 g/mol. The third-order valence-corrected chi connectivity index (χ3v) is 6.32. The summed E-state index contributed by atoms with van der Waals surface area (Å²) < 4.78 is 26.9. The highest BCUT2D eigenvalue weighted by Crippen LogP contribution is 2.19. The van der Waals surface area contributed by atoms with E-state index in [1.54, 1.807) is 0 Å². The van der Waals surface area contributed by atoms with Gasteiger partial charge in [0.15, 0.2) is 5.96 Å². The molecule has 2 aromatic carbocycles. The van der Waals surface area contributed by atoms with Crippen molar-refractivity contribution in [3.05, 3.63) is 65.2 Å². The maximum Gasteiger partial charge on any atom is 0.213 e. The zero-order valence-corrected chi connectivity index (χ0v) is 20.5. The van der Waals surface area contributed by atoms with Crippen molar-refractivity contribution in [2.24, 2.45) is 10.7 Å². The molecule has 0 aliphatic carbocycles. The number of halogens is 2. The predicted octanol–water partition coefficient (Wildman–Crippen LogP) is 2.51. The Kier molecular flexibility index (Phi) is 9.66. The molecule has 1 saturated heterocycles. The second-order valence-corrected chi connectivity index (χ2v) is 9.18. The average Bonchev–Trinajstić information content (AvgIpc) is 2.74.